The Morgan fingerprint density at radius 2 is 1.53 bits per heavy atom. The lowest BCUT2D eigenvalue weighted by Crippen LogP contribution is -2.10. The highest BCUT2D eigenvalue weighted by atomic mass is 35.5. The summed E-state index contributed by atoms with van der Waals surface area (Å²) >= 11 is 20.0. The topological polar surface area (TPSA) is 117 Å². The van der Waals surface area contributed by atoms with Gasteiger partial charge in [-0.25, -0.2) is 4.79 Å². The fraction of sp³-hybridized carbons (Fsp3) is 0.227. The van der Waals surface area contributed by atoms with Crippen molar-refractivity contribution in [2.75, 3.05) is 28.4 Å². The van der Waals surface area contributed by atoms with Crippen LogP contribution in [0.3, 0.4) is 0 Å². The van der Waals surface area contributed by atoms with E-state index in [2.05, 4.69) is 9.97 Å². The van der Waals surface area contributed by atoms with E-state index in [0.717, 1.165) is 11.8 Å². The molecule has 2 aromatic carbocycles. The first kappa shape index (κ1) is 28.5. The molecule has 3 rings (SSSR count). The van der Waals surface area contributed by atoms with Crippen molar-refractivity contribution in [2.45, 2.75) is 15.7 Å². The van der Waals surface area contributed by atoms with Gasteiger partial charge in [-0.15, -0.1) is 0 Å². The van der Waals surface area contributed by atoms with Crippen molar-refractivity contribution < 1.29 is 33.0 Å². The van der Waals surface area contributed by atoms with E-state index >= 15 is 0 Å². The molecule has 1 unspecified atom stereocenters. The van der Waals surface area contributed by atoms with Crippen LogP contribution < -0.4 is 9.47 Å². The number of nitrogens with zero attached hydrogens (tertiary/aromatic N) is 2. The van der Waals surface area contributed by atoms with Gasteiger partial charge in [-0.3, -0.25) is 4.57 Å². The normalized spacial score (nSPS) is 12.3. The minimum Gasteiger partial charge on any atom is -0.481 e. The third-order valence-corrected chi connectivity index (χ3v) is 9.10. The zero-order chi connectivity index (χ0) is 26.6. The molecule has 1 atom stereocenters. The Balaban J connectivity index is 2.22. The summed E-state index contributed by atoms with van der Waals surface area (Å²) in [7, 11) is 1.35. The van der Waals surface area contributed by atoms with Crippen LogP contribution in [0, 0.1) is 0 Å². The summed E-state index contributed by atoms with van der Waals surface area (Å²) in [5.41, 5.74) is -0.931. The summed E-state index contributed by atoms with van der Waals surface area (Å²) in [5, 5.41) is 10.5. The highest BCUT2D eigenvalue weighted by molar-refractivity contribution is 7.99. The second-order valence-corrected chi connectivity index (χ2v) is 11.5. The number of carbonyl (C=O) groups is 1. The second kappa shape index (κ2) is 12.0. The predicted octanol–water partition coefficient (Wildman–Crippen LogP) is 6.88. The van der Waals surface area contributed by atoms with Crippen molar-refractivity contribution >= 4 is 60.1 Å². The van der Waals surface area contributed by atoms with Gasteiger partial charge in [0, 0.05) is 29.2 Å². The van der Waals surface area contributed by atoms with Crippen LogP contribution in [-0.4, -0.2) is 49.5 Å². The number of carboxylic acid groups (broad SMARTS) is 1. The van der Waals surface area contributed by atoms with E-state index in [4.69, 9.17) is 53.3 Å². The summed E-state index contributed by atoms with van der Waals surface area (Å²) in [5.74, 6) is -0.880. The molecule has 9 nitrogen and oxygen atoms in total. The molecule has 1 N–H and O–H groups in total. The van der Waals surface area contributed by atoms with Crippen LogP contribution >= 0.6 is 54.2 Å². The van der Waals surface area contributed by atoms with Crippen LogP contribution in [-0.2, 0) is 13.6 Å². The number of carboxylic acids is 1. The van der Waals surface area contributed by atoms with Gasteiger partial charge >= 0.3 is 13.6 Å². The average Bonchev–Trinajstić information content (AvgIpc) is 2.85. The zero-order valence-electron chi connectivity index (χ0n) is 19.3. The monoisotopic (exact) mass is 592 g/mol. The van der Waals surface area contributed by atoms with Gasteiger partial charge in [-0.2, -0.15) is 9.97 Å². The van der Waals surface area contributed by atoms with Gasteiger partial charge in [0.15, 0.2) is 5.16 Å². The van der Waals surface area contributed by atoms with Crippen LogP contribution in [0.5, 0.6) is 11.8 Å². The summed E-state index contributed by atoms with van der Waals surface area (Å²) in [4.78, 5) is 21.0. The van der Waals surface area contributed by atoms with E-state index in [1.807, 2.05) is 0 Å². The molecule has 0 spiro atoms. The van der Waals surface area contributed by atoms with E-state index in [9.17, 15) is 14.5 Å². The Labute approximate surface area is 226 Å². The van der Waals surface area contributed by atoms with Gasteiger partial charge in [0.25, 0.3) is 0 Å². The number of halogens is 3. The maximum Gasteiger partial charge on any atom is 0.342 e. The first-order chi connectivity index (χ1) is 17.1. The molecule has 3 aromatic rings. The molecular formula is C22H20Cl3N2O7PS. The molecule has 0 aliphatic heterocycles. The van der Waals surface area contributed by atoms with Gasteiger partial charge < -0.3 is 23.6 Å². The summed E-state index contributed by atoms with van der Waals surface area (Å²) in [6.45, 7) is 0. The number of methoxy groups -OCH3 is 2. The SMILES string of the molecule is COc1cc(OC)nc(Sc2ccc(C(c3ccc(Cl)cc3Cl)P(=O)(OC)OC)c(Cl)c2C(=O)O)n1. The summed E-state index contributed by atoms with van der Waals surface area (Å²) < 4.78 is 34.5. The fourth-order valence-electron chi connectivity index (χ4n) is 3.32. The van der Waals surface area contributed by atoms with Gasteiger partial charge in [0.05, 0.1) is 30.9 Å². The molecule has 0 aliphatic rings. The van der Waals surface area contributed by atoms with Crippen molar-refractivity contribution in [2.24, 2.45) is 0 Å². The van der Waals surface area contributed by atoms with Crippen molar-refractivity contribution in [3.05, 3.63) is 68.2 Å². The first-order valence-corrected chi connectivity index (χ1v) is 13.5. The molecule has 192 valence electrons. The number of hydrogen-bond donors (Lipinski definition) is 1. The summed E-state index contributed by atoms with van der Waals surface area (Å²) in [6.07, 6.45) is 0. The van der Waals surface area contributed by atoms with Crippen molar-refractivity contribution in [3.63, 3.8) is 0 Å². The molecule has 0 aliphatic carbocycles. The number of rotatable bonds is 10. The molecular weight excluding hydrogens is 574 g/mol. The Hall–Kier alpha value is -2.04. The lowest BCUT2D eigenvalue weighted by atomic mass is 10.0. The Morgan fingerprint density at radius 3 is 2.03 bits per heavy atom. The average molecular weight is 594 g/mol. The van der Waals surface area contributed by atoms with Crippen molar-refractivity contribution in [3.8, 4) is 11.8 Å². The van der Waals surface area contributed by atoms with Gasteiger partial charge in [-0.1, -0.05) is 46.9 Å². The standard InChI is InChI=1S/C22H20Cl3N2O7PS/c1-31-16-10-17(32-2)27-22(26-16)36-15-8-7-13(19(25)18(15)21(28)29)20(35(30,33-3)34-4)12-6-5-11(23)9-14(12)24/h5-10,20H,1-4H3,(H,28,29). The minimum absolute atomic E-state index is 0.161. The number of hydrogen-bond acceptors (Lipinski definition) is 9. The quantitative estimate of drug-likeness (QED) is 0.197. The second-order valence-electron chi connectivity index (χ2n) is 6.96. The third kappa shape index (κ3) is 5.92. The number of aromatic carboxylic acids is 1. The van der Waals surface area contributed by atoms with Crippen LogP contribution in [0.1, 0.15) is 27.1 Å². The fourth-order valence-corrected chi connectivity index (χ4v) is 6.99. The molecule has 1 aromatic heterocycles. The van der Waals surface area contributed by atoms with Crippen molar-refractivity contribution in [1.29, 1.82) is 0 Å². The van der Waals surface area contributed by atoms with Crippen LogP contribution in [0.15, 0.2) is 46.5 Å². The van der Waals surface area contributed by atoms with Gasteiger partial charge in [0.1, 0.15) is 5.66 Å². The molecule has 0 saturated carbocycles. The molecule has 0 saturated heterocycles. The molecule has 0 radical (unpaired) electrons. The lowest BCUT2D eigenvalue weighted by Gasteiger charge is -2.27. The van der Waals surface area contributed by atoms with Gasteiger partial charge in [0.2, 0.25) is 11.8 Å². The zero-order valence-corrected chi connectivity index (χ0v) is 23.3. The minimum atomic E-state index is -3.93. The molecule has 1 heterocycles. The number of benzene rings is 2. The predicted molar refractivity (Wildman–Crippen MR) is 138 cm³/mol. The Kier molecular flexibility index (Phi) is 9.51. The lowest BCUT2D eigenvalue weighted by molar-refractivity contribution is 0.0693. The van der Waals surface area contributed by atoms with E-state index in [1.54, 1.807) is 12.1 Å². The molecule has 0 amide bonds. The number of ether oxygens (including phenoxy) is 2. The molecule has 36 heavy (non-hydrogen) atoms. The Morgan fingerprint density at radius 1 is 0.944 bits per heavy atom. The Bertz CT molecular complexity index is 1310. The van der Waals surface area contributed by atoms with E-state index in [1.165, 1.54) is 52.7 Å². The smallest absolute Gasteiger partial charge is 0.342 e. The van der Waals surface area contributed by atoms with Crippen molar-refractivity contribution in [1.82, 2.24) is 9.97 Å². The van der Waals surface area contributed by atoms with E-state index < -0.39 is 19.2 Å². The summed E-state index contributed by atoms with van der Waals surface area (Å²) in [6, 6.07) is 9.06. The van der Waals surface area contributed by atoms with Crippen LogP contribution in [0.2, 0.25) is 15.1 Å². The van der Waals surface area contributed by atoms with Crippen LogP contribution in [0.4, 0.5) is 0 Å². The first-order valence-electron chi connectivity index (χ1n) is 9.95. The maximum absolute atomic E-state index is 13.6. The highest BCUT2D eigenvalue weighted by Gasteiger charge is 2.40. The maximum atomic E-state index is 13.6. The van der Waals surface area contributed by atoms with E-state index in [0.29, 0.717) is 10.6 Å². The molecule has 14 heteroatoms. The molecule has 0 fully saturated rings. The van der Waals surface area contributed by atoms with Crippen LogP contribution in [0.25, 0.3) is 0 Å². The molecule has 0 bridgehead atoms. The number of aromatic nitrogens is 2. The highest BCUT2D eigenvalue weighted by Crippen LogP contribution is 2.64. The largest absolute Gasteiger partial charge is 0.481 e. The van der Waals surface area contributed by atoms with Gasteiger partial charge in [-0.05, 0) is 41.1 Å². The third-order valence-electron chi connectivity index (χ3n) is 5.00. The van der Waals surface area contributed by atoms with E-state index in [-0.39, 0.29) is 43.0 Å².